The van der Waals surface area contributed by atoms with Crippen LogP contribution in [-0.2, 0) is 4.74 Å². The van der Waals surface area contributed by atoms with Crippen LogP contribution >= 0.6 is 0 Å². The topological polar surface area (TPSA) is 35.2 Å². The summed E-state index contributed by atoms with van der Waals surface area (Å²) in [5.41, 5.74) is 6.14. The summed E-state index contributed by atoms with van der Waals surface area (Å²) in [6.07, 6.45) is 9.68. The van der Waals surface area contributed by atoms with E-state index in [9.17, 15) is 0 Å². The summed E-state index contributed by atoms with van der Waals surface area (Å²) in [6, 6.07) is 0. The molecule has 2 heteroatoms. The highest BCUT2D eigenvalue weighted by Crippen LogP contribution is 2.46. The van der Waals surface area contributed by atoms with E-state index in [1.165, 1.54) is 44.9 Å². The van der Waals surface area contributed by atoms with Gasteiger partial charge >= 0.3 is 0 Å². The molecule has 0 atom stereocenters. The maximum atomic E-state index is 5.60. The van der Waals surface area contributed by atoms with Crippen LogP contribution in [0, 0.1) is 11.3 Å². The average molecular weight is 197 g/mol. The molecular formula is C12H23NO. The Balaban J connectivity index is 1.89. The minimum absolute atomic E-state index is 0.541. The Labute approximate surface area is 87.2 Å². The molecule has 1 aliphatic carbocycles. The van der Waals surface area contributed by atoms with Gasteiger partial charge in [0.1, 0.15) is 0 Å². The molecule has 2 fully saturated rings. The maximum absolute atomic E-state index is 5.60. The summed E-state index contributed by atoms with van der Waals surface area (Å²) >= 11 is 0. The molecule has 0 bridgehead atoms. The summed E-state index contributed by atoms with van der Waals surface area (Å²) in [5.74, 6) is 0.941. The van der Waals surface area contributed by atoms with Crippen LogP contribution in [0.2, 0.25) is 0 Å². The van der Waals surface area contributed by atoms with Crippen molar-refractivity contribution in [3.8, 4) is 0 Å². The summed E-state index contributed by atoms with van der Waals surface area (Å²) in [4.78, 5) is 0. The van der Waals surface area contributed by atoms with Crippen LogP contribution < -0.4 is 5.73 Å². The molecule has 0 amide bonds. The molecule has 2 rings (SSSR count). The van der Waals surface area contributed by atoms with E-state index in [-0.39, 0.29) is 0 Å². The Morgan fingerprint density at radius 2 is 1.86 bits per heavy atom. The van der Waals surface area contributed by atoms with Gasteiger partial charge < -0.3 is 10.5 Å². The Kier molecular flexibility index (Phi) is 3.45. The van der Waals surface area contributed by atoms with Crippen molar-refractivity contribution in [2.45, 2.75) is 44.9 Å². The van der Waals surface area contributed by atoms with Gasteiger partial charge in [-0.15, -0.1) is 0 Å². The van der Waals surface area contributed by atoms with Crippen molar-refractivity contribution in [2.24, 2.45) is 17.1 Å². The molecule has 0 aromatic rings. The number of ether oxygens (including phenoxy) is 1. The van der Waals surface area contributed by atoms with Gasteiger partial charge in [-0.25, -0.2) is 0 Å². The van der Waals surface area contributed by atoms with Crippen LogP contribution in [-0.4, -0.2) is 19.8 Å². The van der Waals surface area contributed by atoms with Crippen molar-refractivity contribution in [3.63, 3.8) is 0 Å². The SMILES string of the molecule is NCCCC1(C2CCCCC2)COC1. The smallest absolute Gasteiger partial charge is 0.0547 e. The summed E-state index contributed by atoms with van der Waals surface area (Å²) in [5, 5.41) is 0. The molecular weight excluding hydrogens is 174 g/mol. The van der Waals surface area contributed by atoms with Crippen molar-refractivity contribution in [2.75, 3.05) is 19.8 Å². The molecule has 82 valence electrons. The molecule has 0 radical (unpaired) electrons. The monoisotopic (exact) mass is 197 g/mol. The second-order valence-corrected chi connectivity index (χ2v) is 5.08. The fourth-order valence-corrected chi connectivity index (χ4v) is 3.12. The number of hydrogen-bond donors (Lipinski definition) is 1. The van der Waals surface area contributed by atoms with E-state index in [2.05, 4.69) is 0 Å². The zero-order chi connectivity index (χ0) is 9.86. The molecule has 2 N–H and O–H groups in total. The van der Waals surface area contributed by atoms with Gasteiger partial charge in [-0.05, 0) is 38.1 Å². The van der Waals surface area contributed by atoms with Crippen LogP contribution in [0.15, 0.2) is 0 Å². The first kappa shape index (κ1) is 10.4. The van der Waals surface area contributed by atoms with Gasteiger partial charge in [0.15, 0.2) is 0 Å². The van der Waals surface area contributed by atoms with Gasteiger partial charge in [-0.3, -0.25) is 0 Å². The molecule has 0 aromatic carbocycles. The lowest BCUT2D eigenvalue weighted by molar-refractivity contribution is -0.157. The van der Waals surface area contributed by atoms with E-state index in [0.717, 1.165) is 25.7 Å². The molecule has 1 aliphatic heterocycles. The standard InChI is InChI=1S/C12H23NO/c13-8-4-7-12(9-14-10-12)11-5-2-1-3-6-11/h11H,1-10,13H2. The van der Waals surface area contributed by atoms with Crippen molar-refractivity contribution in [3.05, 3.63) is 0 Å². The summed E-state index contributed by atoms with van der Waals surface area (Å²) < 4.78 is 5.45. The lowest BCUT2D eigenvalue weighted by atomic mass is 9.65. The van der Waals surface area contributed by atoms with Gasteiger partial charge in [-0.1, -0.05) is 19.3 Å². The predicted molar refractivity (Wildman–Crippen MR) is 58.1 cm³/mol. The van der Waals surface area contributed by atoms with Crippen LogP contribution in [0.25, 0.3) is 0 Å². The van der Waals surface area contributed by atoms with E-state index >= 15 is 0 Å². The van der Waals surface area contributed by atoms with Gasteiger partial charge in [0.2, 0.25) is 0 Å². The van der Waals surface area contributed by atoms with Crippen molar-refractivity contribution >= 4 is 0 Å². The van der Waals surface area contributed by atoms with Gasteiger partial charge in [0.05, 0.1) is 13.2 Å². The largest absolute Gasteiger partial charge is 0.380 e. The Hall–Kier alpha value is -0.0800. The van der Waals surface area contributed by atoms with Crippen molar-refractivity contribution in [1.82, 2.24) is 0 Å². The fraction of sp³-hybridized carbons (Fsp3) is 1.00. The first-order valence-electron chi connectivity index (χ1n) is 6.15. The lowest BCUT2D eigenvalue weighted by Crippen LogP contribution is -2.49. The summed E-state index contributed by atoms with van der Waals surface area (Å²) in [7, 11) is 0. The van der Waals surface area contributed by atoms with E-state index in [1.54, 1.807) is 0 Å². The Bertz CT molecular complexity index is 171. The van der Waals surface area contributed by atoms with Gasteiger partial charge in [0.25, 0.3) is 0 Å². The quantitative estimate of drug-likeness (QED) is 0.750. The molecule has 2 aliphatic rings. The summed E-state index contributed by atoms with van der Waals surface area (Å²) in [6.45, 7) is 2.86. The molecule has 2 nitrogen and oxygen atoms in total. The van der Waals surface area contributed by atoms with E-state index in [4.69, 9.17) is 10.5 Å². The molecule has 1 saturated heterocycles. The van der Waals surface area contributed by atoms with E-state index in [1.807, 2.05) is 0 Å². The third kappa shape index (κ3) is 1.96. The molecule has 14 heavy (non-hydrogen) atoms. The molecule has 1 saturated carbocycles. The van der Waals surface area contributed by atoms with Crippen LogP contribution in [0.5, 0.6) is 0 Å². The molecule has 0 spiro atoms. The normalized spacial score (nSPS) is 27.2. The van der Waals surface area contributed by atoms with Gasteiger partial charge in [0, 0.05) is 5.41 Å². The highest BCUT2D eigenvalue weighted by molar-refractivity contribution is 4.92. The maximum Gasteiger partial charge on any atom is 0.0547 e. The Morgan fingerprint density at radius 1 is 1.14 bits per heavy atom. The minimum Gasteiger partial charge on any atom is -0.380 e. The zero-order valence-electron chi connectivity index (χ0n) is 9.13. The Morgan fingerprint density at radius 3 is 2.36 bits per heavy atom. The minimum atomic E-state index is 0.541. The van der Waals surface area contributed by atoms with Crippen molar-refractivity contribution < 1.29 is 4.74 Å². The number of hydrogen-bond acceptors (Lipinski definition) is 2. The molecule has 0 aromatic heterocycles. The molecule has 1 heterocycles. The second-order valence-electron chi connectivity index (χ2n) is 5.08. The van der Waals surface area contributed by atoms with Gasteiger partial charge in [-0.2, -0.15) is 0 Å². The van der Waals surface area contributed by atoms with Crippen LogP contribution in [0.4, 0.5) is 0 Å². The second kappa shape index (κ2) is 4.63. The fourth-order valence-electron chi connectivity index (χ4n) is 3.12. The van der Waals surface area contributed by atoms with Crippen LogP contribution in [0.1, 0.15) is 44.9 Å². The first-order chi connectivity index (χ1) is 6.87. The average Bonchev–Trinajstić information content (AvgIpc) is 2.18. The molecule has 0 unspecified atom stereocenters. The first-order valence-corrected chi connectivity index (χ1v) is 6.15. The number of nitrogens with two attached hydrogens (primary N) is 1. The van der Waals surface area contributed by atoms with E-state index in [0.29, 0.717) is 5.41 Å². The predicted octanol–water partition coefficient (Wildman–Crippen LogP) is 2.32. The lowest BCUT2D eigenvalue weighted by Gasteiger charge is -2.49. The van der Waals surface area contributed by atoms with E-state index < -0.39 is 0 Å². The highest BCUT2D eigenvalue weighted by atomic mass is 16.5. The third-order valence-corrected chi connectivity index (χ3v) is 4.13. The zero-order valence-corrected chi connectivity index (χ0v) is 9.13. The van der Waals surface area contributed by atoms with Crippen molar-refractivity contribution in [1.29, 1.82) is 0 Å². The van der Waals surface area contributed by atoms with Crippen LogP contribution in [0.3, 0.4) is 0 Å². The third-order valence-electron chi connectivity index (χ3n) is 4.13. The number of rotatable bonds is 4. The highest BCUT2D eigenvalue weighted by Gasteiger charge is 2.44.